The number of hydrogen-bond acceptors (Lipinski definition) is 6. The first-order valence-corrected chi connectivity index (χ1v) is 10.0. The SMILES string of the molecule is COc1cc(C=C2C(C)=C(CCC(=O)c3cocn3)c3cc(F)ccc32)cc(OC)c1O. The van der Waals surface area contributed by atoms with E-state index in [9.17, 15) is 14.3 Å². The fourth-order valence-corrected chi connectivity index (χ4v) is 3.96. The number of benzene rings is 2. The first-order chi connectivity index (χ1) is 15.4. The average Bonchev–Trinajstić information content (AvgIpc) is 3.41. The van der Waals surface area contributed by atoms with Crippen LogP contribution < -0.4 is 9.47 Å². The molecule has 0 fully saturated rings. The number of aromatic nitrogens is 1. The molecule has 0 bridgehead atoms. The van der Waals surface area contributed by atoms with Crippen LogP contribution in [-0.4, -0.2) is 30.1 Å². The van der Waals surface area contributed by atoms with Crippen LogP contribution in [0.2, 0.25) is 0 Å². The van der Waals surface area contributed by atoms with Crippen molar-refractivity contribution in [2.45, 2.75) is 19.8 Å². The Balaban J connectivity index is 1.75. The lowest BCUT2D eigenvalue weighted by atomic mass is 9.99. The standard InChI is InChI=1S/C25H22FNO5/c1-14-17(6-7-22(28)21-12-32-13-27-21)20-11-16(26)4-5-18(20)19(14)8-15-9-23(30-2)25(29)24(10-15)31-3/h4-5,8-13,29H,6-7H2,1-3H3. The Bertz CT molecular complexity index is 1220. The summed E-state index contributed by atoms with van der Waals surface area (Å²) in [5.74, 6) is 0.0149. The molecule has 1 N–H and O–H groups in total. The van der Waals surface area contributed by atoms with Gasteiger partial charge in [-0.15, -0.1) is 0 Å². The molecule has 7 heteroatoms. The molecule has 0 spiro atoms. The Kier molecular flexibility index (Phi) is 5.81. The van der Waals surface area contributed by atoms with E-state index in [1.54, 1.807) is 18.2 Å². The van der Waals surface area contributed by atoms with E-state index in [2.05, 4.69) is 4.98 Å². The Morgan fingerprint density at radius 1 is 1.16 bits per heavy atom. The average molecular weight is 435 g/mol. The highest BCUT2D eigenvalue weighted by atomic mass is 19.1. The zero-order valence-corrected chi connectivity index (χ0v) is 17.9. The number of allylic oxidation sites excluding steroid dienone is 3. The fraction of sp³-hybridized carbons (Fsp3) is 0.200. The second-order valence-corrected chi connectivity index (χ2v) is 7.42. The molecule has 0 atom stereocenters. The lowest BCUT2D eigenvalue weighted by molar-refractivity contribution is 0.0979. The lowest BCUT2D eigenvalue weighted by Gasteiger charge is -2.11. The van der Waals surface area contributed by atoms with Crippen LogP contribution in [0.4, 0.5) is 4.39 Å². The van der Waals surface area contributed by atoms with Gasteiger partial charge in [-0.1, -0.05) is 6.07 Å². The molecule has 32 heavy (non-hydrogen) atoms. The molecule has 3 aromatic rings. The smallest absolute Gasteiger partial charge is 0.200 e. The molecule has 1 aliphatic carbocycles. The van der Waals surface area contributed by atoms with Crippen molar-refractivity contribution in [2.75, 3.05) is 14.2 Å². The third-order valence-corrected chi connectivity index (χ3v) is 5.59. The molecule has 2 aromatic carbocycles. The van der Waals surface area contributed by atoms with E-state index in [-0.39, 0.29) is 41.0 Å². The molecule has 4 rings (SSSR count). The first-order valence-electron chi connectivity index (χ1n) is 10.0. The van der Waals surface area contributed by atoms with Crippen molar-refractivity contribution in [3.05, 3.63) is 76.8 Å². The van der Waals surface area contributed by atoms with Gasteiger partial charge in [0.25, 0.3) is 0 Å². The fourth-order valence-electron chi connectivity index (χ4n) is 3.96. The number of hydrogen-bond donors (Lipinski definition) is 1. The van der Waals surface area contributed by atoms with E-state index in [1.165, 1.54) is 39.0 Å². The van der Waals surface area contributed by atoms with Gasteiger partial charge in [-0.2, -0.15) is 0 Å². The van der Waals surface area contributed by atoms with E-state index in [0.29, 0.717) is 6.42 Å². The van der Waals surface area contributed by atoms with Gasteiger partial charge < -0.3 is 19.0 Å². The minimum atomic E-state index is -0.342. The van der Waals surface area contributed by atoms with Crippen molar-refractivity contribution in [3.63, 3.8) is 0 Å². The Morgan fingerprint density at radius 2 is 1.88 bits per heavy atom. The van der Waals surface area contributed by atoms with Crippen molar-refractivity contribution >= 4 is 23.0 Å². The van der Waals surface area contributed by atoms with Crippen LogP contribution in [0.15, 0.2) is 53.0 Å². The summed E-state index contributed by atoms with van der Waals surface area (Å²) in [6, 6.07) is 8.05. The number of fused-ring (bicyclic) bond motifs is 1. The predicted molar refractivity (Wildman–Crippen MR) is 118 cm³/mol. The molecule has 0 saturated heterocycles. The third kappa shape index (κ3) is 3.89. The highest BCUT2D eigenvalue weighted by Gasteiger charge is 2.25. The summed E-state index contributed by atoms with van der Waals surface area (Å²) < 4.78 is 29.5. The molecule has 0 amide bonds. The summed E-state index contributed by atoms with van der Waals surface area (Å²) in [6.45, 7) is 1.95. The number of methoxy groups -OCH3 is 2. The monoisotopic (exact) mass is 435 g/mol. The summed E-state index contributed by atoms with van der Waals surface area (Å²) >= 11 is 0. The summed E-state index contributed by atoms with van der Waals surface area (Å²) in [5, 5.41) is 10.2. The van der Waals surface area contributed by atoms with Gasteiger partial charge in [-0.05, 0) is 77.1 Å². The van der Waals surface area contributed by atoms with Gasteiger partial charge in [0.1, 0.15) is 17.8 Å². The number of carbonyl (C=O) groups excluding carboxylic acids is 1. The van der Waals surface area contributed by atoms with Crippen molar-refractivity contribution in [2.24, 2.45) is 0 Å². The quantitative estimate of drug-likeness (QED) is 0.492. The van der Waals surface area contributed by atoms with Crippen LogP contribution in [-0.2, 0) is 0 Å². The van der Waals surface area contributed by atoms with E-state index in [1.807, 2.05) is 13.0 Å². The van der Waals surface area contributed by atoms with E-state index in [4.69, 9.17) is 13.9 Å². The first kappa shape index (κ1) is 21.4. The number of oxazole rings is 1. The Morgan fingerprint density at radius 3 is 2.50 bits per heavy atom. The normalized spacial score (nSPS) is 14.1. The summed E-state index contributed by atoms with van der Waals surface area (Å²) in [4.78, 5) is 16.3. The maximum atomic E-state index is 14.1. The Hall–Kier alpha value is -3.87. The van der Waals surface area contributed by atoms with Crippen LogP contribution in [0, 0.1) is 5.82 Å². The van der Waals surface area contributed by atoms with Gasteiger partial charge in [0, 0.05) is 6.42 Å². The third-order valence-electron chi connectivity index (χ3n) is 5.59. The van der Waals surface area contributed by atoms with Crippen LogP contribution in [0.1, 0.15) is 46.9 Å². The van der Waals surface area contributed by atoms with Crippen molar-refractivity contribution in [1.29, 1.82) is 0 Å². The number of phenolic OH excluding ortho intramolecular Hbond substituents is 1. The molecule has 1 aromatic heterocycles. The van der Waals surface area contributed by atoms with Crippen molar-refractivity contribution in [3.8, 4) is 17.2 Å². The van der Waals surface area contributed by atoms with Crippen molar-refractivity contribution in [1.82, 2.24) is 4.98 Å². The Labute approximate surface area is 184 Å². The molecule has 0 unspecified atom stereocenters. The maximum absolute atomic E-state index is 14.1. The number of aromatic hydroxyl groups is 1. The molecule has 1 heterocycles. The molecular weight excluding hydrogens is 413 g/mol. The highest BCUT2D eigenvalue weighted by Crippen LogP contribution is 2.45. The maximum Gasteiger partial charge on any atom is 0.200 e. The number of nitrogens with zero attached hydrogens (tertiary/aromatic N) is 1. The molecule has 1 aliphatic rings. The molecule has 0 saturated carbocycles. The molecule has 0 radical (unpaired) electrons. The van der Waals surface area contributed by atoms with Crippen LogP contribution in [0.25, 0.3) is 17.2 Å². The second-order valence-electron chi connectivity index (χ2n) is 7.42. The second kappa shape index (κ2) is 8.70. The van der Waals surface area contributed by atoms with Gasteiger partial charge in [-0.25, -0.2) is 9.37 Å². The minimum absolute atomic E-state index is 0.0784. The van der Waals surface area contributed by atoms with Crippen LogP contribution >= 0.6 is 0 Å². The molecule has 0 aliphatic heterocycles. The topological polar surface area (TPSA) is 81.8 Å². The van der Waals surface area contributed by atoms with Gasteiger partial charge in [0.15, 0.2) is 23.7 Å². The number of halogens is 1. The zero-order chi connectivity index (χ0) is 22.8. The number of ether oxygens (including phenoxy) is 2. The molecule has 164 valence electrons. The van der Waals surface area contributed by atoms with E-state index in [0.717, 1.165) is 33.4 Å². The van der Waals surface area contributed by atoms with E-state index < -0.39 is 0 Å². The summed E-state index contributed by atoms with van der Waals surface area (Å²) in [7, 11) is 2.93. The number of rotatable bonds is 7. The van der Waals surface area contributed by atoms with Crippen molar-refractivity contribution < 1.29 is 28.2 Å². The lowest BCUT2D eigenvalue weighted by Crippen LogP contribution is -2.00. The van der Waals surface area contributed by atoms with Gasteiger partial charge in [0.05, 0.1) is 14.2 Å². The number of phenols is 1. The van der Waals surface area contributed by atoms with Gasteiger partial charge in [0.2, 0.25) is 5.75 Å². The number of carbonyl (C=O) groups is 1. The van der Waals surface area contributed by atoms with Crippen LogP contribution in [0.3, 0.4) is 0 Å². The number of Topliss-reactive ketones (excluding diaryl/α,β-unsaturated/α-hetero) is 1. The molecular formula is C25H22FNO5. The predicted octanol–water partition coefficient (Wildman–Crippen LogP) is 5.53. The summed E-state index contributed by atoms with van der Waals surface area (Å²) in [5.41, 5.74) is 5.42. The largest absolute Gasteiger partial charge is 0.502 e. The number of ketones is 1. The zero-order valence-electron chi connectivity index (χ0n) is 17.9. The van der Waals surface area contributed by atoms with Gasteiger partial charge in [-0.3, -0.25) is 4.79 Å². The minimum Gasteiger partial charge on any atom is -0.502 e. The van der Waals surface area contributed by atoms with Gasteiger partial charge >= 0.3 is 0 Å². The van der Waals surface area contributed by atoms with E-state index >= 15 is 0 Å². The summed E-state index contributed by atoms with van der Waals surface area (Å²) in [6.07, 6.45) is 5.14. The highest BCUT2D eigenvalue weighted by molar-refractivity contribution is 6.06. The molecule has 6 nitrogen and oxygen atoms in total. The van der Waals surface area contributed by atoms with Crippen LogP contribution in [0.5, 0.6) is 17.2 Å².